The van der Waals surface area contributed by atoms with Crippen LogP contribution in [0, 0.1) is 11.7 Å². The summed E-state index contributed by atoms with van der Waals surface area (Å²) in [7, 11) is 0. The Hall–Kier alpha value is -4.69. The van der Waals surface area contributed by atoms with Crippen LogP contribution in [0.1, 0.15) is 105 Å². The highest BCUT2D eigenvalue weighted by Gasteiger charge is 2.43. The monoisotopic (exact) mass is 829 g/mol. The van der Waals surface area contributed by atoms with Gasteiger partial charge in [-0.15, -0.1) is 0 Å². The molecule has 5 heterocycles. The molecule has 0 bridgehead atoms. The summed E-state index contributed by atoms with van der Waals surface area (Å²) in [5, 5.41) is 7.31. The molecule has 1 saturated carbocycles. The second-order valence-electron chi connectivity index (χ2n) is 16.1. The molecule has 1 aliphatic carbocycles. The molecule has 2 aromatic carbocycles. The Morgan fingerprint density at radius 3 is 2.55 bits per heavy atom. The highest BCUT2D eigenvalue weighted by atomic mass is 35.5. The number of carbonyl (C=O) groups is 4. The number of hydrogen-bond donors (Lipinski definition) is 2. The summed E-state index contributed by atoms with van der Waals surface area (Å²) >= 11 is 12.5. The van der Waals surface area contributed by atoms with Crippen molar-refractivity contribution in [3.05, 3.63) is 93.1 Å². The number of piperidine rings is 2. The number of anilines is 1. The van der Waals surface area contributed by atoms with Gasteiger partial charge in [-0.25, -0.2) is 9.37 Å². The molecule has 2 aromatic heterocycles. The third kappa shape index (κ3) is 8.14. The van der Waals surface area contributed by atoms with Crippen molar-refractivity contribution in [3.63, 3.8) is 0 Å². The minimum atomic E-state index is -0.814. The van der Waals surface area contributed by atoms with Crippen molar-refractivity contribution in [3.8, 4) is 16.9 Å². The van der Waals surface area contributed by atoms with E-state index in [2.05, 4.69) is 32.0 Å². The summed E-state index contributed by atoms with van der Waals surface area (Å²) in [6.07, 6.45) is 12.1. The van der Waals surface area contributed by atoms with Gasteiger partial charge in [-0.2, -0.15) is 5.10 Å². The predicted molar refractivity (Wildman–Crippen MR) is 217 cm³/mol. The molecule has 3 aliphatic heterocycles. The molecule has 0 radical (unpaired) electrons. The SMILES string of the molecule is C[C@@H](Oc1cc(-c2cnn(C3CCC(CN4CCC(c5ccc6c(c5)C(C(=O)C=O)N(C5CCC(=O)NC5=O)C6)CC4)CC3)c2)cnc1N)c1c(Cl)ccc(F)c1Cl. The highest BCUT2D eigenvalue weighted by Crippen LogP contribution is 2.42. The lowest BCUT2D eigenvalue weighted by atomic mass is 9.84. The number of pyridine rings is 1. The van der Waals surface area contributed by atoms with Gasteiger partial charge in [-0.1, -0.05) is 41.4 Å². The summed E-state index contributed by atoms with van der Waals surface area (Å²) in [5.41, 5.74) is 11.1. The zero-order chi connectivity index (χ0) is 40.7. The van der Waals surface area contributed by atoms with Crippen molar-refractivity contribution in [2.75, 3.05) is 25.4 Å². The van der Waals surface area contributed by atoms with E-state index < -0.39 is 35.7 Å². The number of nitrogens with one attached hydrogen (secondary N) is 1. The molecule has 8 rings (SSSR count). The van der Waals surface area contributed by atoms with Crippen LogP contribution in [0.5, 0.6) is 5.75 Å². The van der Waals surface area contributed by atoms with Crippen molar-refractivity contribution >= 4 is 52.9 Å². The van der Waals surface area contributed by atoms with E-state index in [1.165, 1.54) is 12.1 Å². The Kier molecular flexibility index (Phi) is 11.7. The van der Waals surface area contributed by atoms with Crippen LogP contribution in [0.15, 0.2) is 55.0 Å². The molecule has 4 aliphatic rings. The maximum atomic E-state index is 14.2. The minimum absolute atomic E-state index is 0.0927. The molecule has 3 atom stereocenters. The number of amides is 2. The molecule has 3 N–H and O–H groups in total. The molecule has 15 heteroatoms. The summed E-state index contributed by atoms with van der Waals surface area (Å²) in [6, 6.07) is 9.56. The molecule has 12 nitrogen and oxygen atoms in total. The van der Waals surface area contributed by atoms with Crippen LogP contribution < -0.4 is 15.8 Å². The standard InChI is InChI=1S/C43H46Cl2FN7O5/c1-24(39-33(44)8-9-34(46)40(39)45)58-37-17-29(18-48-42(37)47)30-19-49-53(22-30)31-6-2-25(3-7-31)20-51-14-12-26(13-15-51)27-4-5-28-21-52(35-10-11-38(56)50-43(35)57)41(32(28)16-27)36(55)23-54/h4-5,8-9,16-19,22-26,31,35,41H,2-3,6-7,10-15,20-21H2,1H3,(H2,47,48)(H,50,56,57)/t24-,25?,31?,35?,41?/m1/s1. The van der Waals surface area contributed by atoms with Gasteiger partial charge < -0.3 is 15.4 Å². The number of imide groups is 1. The van der Waals surface area contributed by atoms with Crippen molar-refractivity contribution in [2.45, 2.75) is 95.0 Å². The number of nitrogen functional groups attached to an aromatic ring is 1. The van der Waals surface area contributed by atoms with Gasteiger partial charge in [-0.3, -0.25) is 34.1 Å². The second kappa shape index (κ2) is 16.9. The van der Waals surface area contributed by atoms with E-state index in [0.29, 0.717) is 53.5 Å². The fourth-order valence-electron chi connectivity index (χ4n) is 9.37. The first-order chi connectivity index (χ1) is 28.0. The molecular formula is C43H46Cl2FN7O5. The number of ether oxygens (including phenoxy) is 1. The Balaban J connectivity index is 0.837. The number of nitrogens with two attached hydrogens (primary N) is 1. The lowest BCUT2D eigenvalue weighted by Gasteiger charge is -2.37. The Morgan fingerprint density at radius 2 is 1.81 bits per heavy atom. The summed E-state index contributed by atoms with van der Waals surface area (Å²) in [4.78, 5) is 57.9. The average molecular weight is 831 g/mol. The van der Waals surface area contributed by atoms with Gasteiger partial charge in [0.2, 0.25) is 17.6 Å². The molecular weight excluding hydrogens is 784 g/mol. The first-order valence-electron chi connectivity index (χ1n) is 20.0. The van der Waals surface area contributed by atoms with Gasteiger partial charge in [0.1, 0.15) is 18.0 Å². The number of fused-ring (bicyclic) bond motifs is 1. The maximum absolute atomic E-state index is 14.2. The highest BCUT2D eigenvalue weighted by molar-refractivity contribution is 6.36. The van der Waals surface area contributed by atoms with E-state index in [1.54, 1.807) is 24.1 Å². The quantitative estimate of drug-likeness (QED) is 0.0690. The van der Waals surface area contributed by atoms with E-state index in [4.69, 9.17) is 38.8 Å². The third-order valence-corrected chi connectivity index (χ3v) is 13.2. The summed E-state index contributed by atoms with van der Waals surface area (Å²) in [5.74, 6) is -0.386. The van der Waals surface area contributed by atoms with Crippen molar-refractivity contribution in [1.29, 1.82) is 0 Å². The predicted octanol–water partition coefficient (Wildman–Crippen LogP) is 7.15. The number of rotatable bonds is 11. The number of nitrogens with zero attached hydrogens (tertiary/aromatic N) is 5. The van der Waals surface area contributed by atoms with Crippen LogP contribution in [-0.2, 0) is 25.7 Å². The number of likely N-dealkylation sites (tertiary alicyclic amines) is 1. The van der Waals surface area contributed by atoms with Gasteiger partial charge in [0.05, 0.1) is 23.3 Å². The van der Waals surface area contributed by atoms with Gasteiger partial charge in [0.25, 0.3) is 0 Å². The number of aldehydes is 1. The van der Waals surface area contributed by atoms with Gasteiger partial charge in [-0.05, 0) is 112 Å². The summed E-state index contributed by atoms with van der Waals surface area (Å²) in [6.45, 7) is 5.16. The third-order valence-electron chi connectivity index (χ3n) is 12.5. The molecule has 2 unspecified atom stereocenters. The number of aromatic nitrogens is 3. The zero-order valence-corrected chi connectivity index (χ0v) is 33.7. The molecule has 304 valence electrons. The van der Waals surface area contributed by atoms with E-state index in [-0.39, 0.29) is 23.2 Å². The van der Waals surface area contributed by atoms with Crippen LogP contribution in [0.2, 0.25) is 10.0 Å². The van der Waals surface area contributed by atoms with E-state index in [9.17, 15) is 23.6 Å². The molecule has 2 amide bonds. The molecule has 4 aromatic rings. The van der Waals surface area contributed by atoms with Crippen LogP contribution >= 0.6 is 23.2 Å². The van der Waals surface area contributed by atoms with Gasteiger partial charge in [0, 0.05) is 53.6 Å². The van der Waals surface area contributed by atoms with Crippen molar-refractivity contribution in [2.24, 2.45) is 5.92 Å². The van der Waals surface area contributed by atoms with Crippen molar-refractivity contribution in [1.82, 2.24) is 29.9 Å². The van der Waals surface area contributed by atoms with Crippen LogP contribution in [-0.4, -0.2) is 74.1 Å². The van der Waals surface area contributed by atoms with Crippen LogP contribution in [0.3, 0.4) is 0 Å². The van der Waals surface area contributed by atoms with Crippen LogP contribution in [0.25, 0.3) is 11.1 Å². The smallest absolute Gasteiger partial charge is 0.243 e. The lowest BCUT2D eigenvalue weighted by molar-refractivity contribution is -0.141. The Labute approximate surface area is 346 Å². The normalized spacial score (nSPS) is 23.7. The second-order valence-corrected chi connectivity index (χ2v) is 16.9. The number of halogens is 3. The summed E-state index contributed by atoms with van der Waals surface area (Å²) < 4.78 is 22.3. The van der Waals surface area contributed by atoms with Crippen molar-refractivity contribution < 1.29 is 28.3 Å². The lowest BCUT2D eigenvalue weighted by Crippen LogP contribution is -2.52. The van der Waals surface area contributed by atoms with E-state index in [1.807, 2.05) is 18.5 Å². The number of ketones is 1. The van der Waals surface area contributed by atoms with Crippen LogP contribution in [0.4, 0.5) is 10.2 Å². The minimum Gasteiger partial charge on any atom is -0.482 e. The first kappa shape index (κ1) is 40.1. The van der Waals surface area contributed by atoms with Gasteiger partial charge in [0.15, 0.2) is 17.9 Å². The fourth-order valence-corrected chi connectivity index (χ4v) is 10.0. The fraction of sp³-hybridized carbons (Fsp3) is 0.442. The number of benzene rings is 2. The molecule has 58 heavy (non-hydrogen) atoms. The average Bonchev–Trinajstić information content (AvgIpc) is 3.86. The largest absolute Gasteiger partial charge is 0.482 e. The molecule has 2 saturated heterocycles. The van der Waals surface area contributed by atoms with Gasteiger partial charge >= 0.3 is 0 Å². The van der Waals surface area contributed by atoms with E-state index >= 15 is 0 Å². The number of Topliss-reactive ketones (excluding diaryl/α,β-unsaturated/α-hetero) is 1. The zero-order valence-electron chi connectivity index (χ0n) is 32.2. The topological polar surface area (TPSA) is 153 Å². The number of hydrogen-bond acceptors (Lipinski definition) is 10. The Morgan fingerprint density at radius 1 is 1.03 bits per heavy atom. The number of carbonyl (C=O) groups excluding carboxylic acids is 4. The van der Waals surface area contributed by atoms with E-state index in [0.717, 1.165) is 86.0 Å². The Bertz CT molecular complexity index is 2240. The first-order valence-corrected chi connectivity index (χ1v) is 20.8. The maximum Gasteiger partial charge on any atom is 0.243 e. The molecule has 3 fully saturated rings. The molecule has 0 spiro atoms.